The highest BCUT2D eigenvalue weighted by Crippen LogP contribution is 2.07. The molecular weight excluding hydrogens is 290 g/mol. The number of carbonyl (C=O) groups excluding carboxylic acids is 1. The first-order chi connectivity index (χ1) is 11.1. The average molecular weight is 311 g/mol. The standard InChI is InChI=1S/C19H21NO3/c1-2-14-8-10-16(11-9-14)13-18(21)20-17(19(22)23)12-15-6-4-3-5-7-15/h3-11,17H,2,12-13H2,1H3,(H,20,21)(H,22,23). The molecule has 0 aliphatic rings. The zero-order valence-electron chi connectivity index (χ0n) is 13.2. The summed E-state index contributed by atoms with van der Waals surface area (Å²) < 4.78 is 0. The topological polar surface area (TPSA) is 66.4 Å². The summed E-state index contributed by atoms with van der Waals surface area (Å²) in [6.07, 6.45) is 1.41. The fourth-order valence-electron chi connectivity index (χ4n) is 2.37. The Morgan fingerprint density at radius 1 is 0.957 bits per heavy atom. The van der Waals surface area contributed by atoms with E-state index in [-0.39, 0.29) is 18.7 Å². The van der Waals surface area contributed by atoms with E-state index in [1.807, 2.05) is 54.6 Å². The third kappa shape index (κ3) is 5.25. The molecule has 2 aromatic carbocycles. The molecule has 0 aliphatic carbocycles. The number of carboxylic acids is 1. The highest BCUT2D eigenvalue weighted by atomic mass is 16.4. The molecule has 0 saturated carbocycles. The van der Waals surface area contributed by atoms with E-state index in [4.69, 9.17) is 0 Å². The predicted molar refractivity (Wildman–Crippen MR) is 89.2 cm³/mol. The molecule has 0 radical (unpaired) electrons. The Labute approximate surface area is 136 Å². The Balaban J connectivity index is 1.96. The van der Waals surface area contributed by atoms with Gasteiger partial charge in [-0.3, -0.25) is 4.79 Å². The molecule has 0 heterocycles. The lowest BCUT2D eigenvalue weighted by atomic mass is 10.0. The summed E-state index contributed by atoms with van der Waals surface area (Å²) in [4.78, 5) is 23.5. The fourth-order valence-corrected chi connectivity index (χ4v) is 2.37. The van der Waals surface area contributed by atoms with Crippen molar-refractivity contribution in [3.8, 4) is 0 Å². The first-order valence-electron chi connectivity index (χ1n) is 7.72. The Hall–Kier alpha value is -2.62. The molecule has 0 aromatic heterocycles. The molecule has 2 aromatic rings. The van der Waals surface area contributed by atoms with Crippen LogP contribution in [0.5, 0.6) is 0 Å². The van der Waals surface area contributed by atoms with Gasteiger partial charge < -0.3 is 10.4 Å². The number of amides is 1. The van der Waals surface area contributed by atoms with Crippen LogP contribution in [0.2, 0.25) is 0 Å². The van der Waals surface area contributed by atoms with Gasteiger partial charge in [-0.25, -0.2) is 4.79 Å². The monoisotopic (exact) mass is 311 g/mol. The molecular formula is C19H21NO3. The maximum Gasteiger partial charge on any atom is 0.326 e. The van der Waals surface area contributed by atoms with E-state index in [1.165, 1.54) is 5.56 Å². The molecule has 0 spiro atoms. The molecule has 1 amide bonds. The highest BCUT2D eigenvalue weighted by Gasteiger charge is 2.20. The Morgan fingerprint density at radius 3 is 2.13 bits per heavy atom. The Bertz CT molecular complexity index is 650. The maximum atomic E-state index is 12.1. The second kappa shape index (κ2) is 8.13. The van der Waals surface area contributed by atoms with Crippen molar-refractivity contribution in [1.29, 1.82) is 0 Å². The minimum atomic E-state index is -1.02. The first kappa shape index (κ1) is 16.7. The van der Waals surface area contributed by atoms with E-state index < -0.39 is 12.0 Å². The van der Waals surface area contributed by atoms with Crippen molar-refractivity contribution in [1.82, 2.24) is 5.32 Å². The van der Waals surface area contributed by atoms with Gasteiger partial charge >= 0.3 is 5.97 Å². The summed E-state index contributed by atoms with van der Waals surface area (Å²) in [7, 11) is 0. The second-order valence-corrected chi connectivity index (χ2v) is 5.49. The van der Waals surface area contributed by atoms with Crippen molar-refractivity contribution in [3.63, 3.8) is 0 Å². The largest absolute Gasteiger partial charge is 0.480 e. The van der Waals surface area contributed by atoms with Gasteiger partial charge in [0.2, 0.25) is 5.91 Å². The summed E-state index contributed by atoms with van der Waals surface area (Å²) in [5.41, 5.74) is 2.97. The lowest BCUT2D eigenvalue weighted by Gasteiger charge is -2.15. The molecule has 0 bridgehead atoms. The maximum absolute atomic E-state index is 12.1. The van der Waals surface area contributed by atoms with Crippen LogP contribution in [0.15, 0.2) is 54.6 Å². The third-order valence-electron chi connectivity index (χ3n) is 3.71. The molecule has 1 unspecified atom stereocenters. The van der Waals surface area contributed by atoms with Crippen molar-refractivity contribution in [3.05, 3.63) is 71.3 Å². The number of carboxylic acid groups (broad SMARTS) is 1. The Morgan fingerprint density at radius 2 is 1.57 bits per heavy atom. The molecule has 2 N–H and O–H groups in total. The molecule has 0 fully saturated rings. The van der Waals surface area contributed by atoms with Crippen molar-refractivity contribution in [2.24, 2.45) is 0 Å². The predicted octanol–water partition coefficient (Wildman–Crippen LogP) is 2.60. The van der Waals surface area contributed by atoms with Gasteiger partial charge in [-0.05, 0) is 23.1 Å². The number of rotatable bonds is 7. The summed E-state index contributed by atoms with van der Waals surface area (Å²) >= 11 is 0. The first-order valence-corrected chi connectivity index (χ1v) is 7.72. The SMILES string of the molecule is CCc1ccc(CC(=O)NC(Cc2ccccc2)C(=O)O)cc1. The normalized spacial score (nSPS) is 11.7. The summed E-state index contributed by atoms with van der Waals surface area (Å²) in [6, 6.07) is 16.2. The van der Waals surface area contributed by atoms with Gasteiger partial charge in [0, 0.05) is 6.42 Å². The highest BCUT2D eigenvalue weighted by molar-refractivity contribution is 5.85. The van der Waals surface area contributed by atoms with E-state index >= 15 is 0 Å². The minimum Gasteiger partial charge on any atom is -0.480 e. The number of aliphatic carboxylic acids is 1. The van der Waals surface area contributed by atoms with E-state index in [0.29, 0.717) is 0 Å². The van der Waals surface area contributed by atoms with Crippen LogP contribution < -0.4 is 5.32 Å². The van der Waals surface area contributed by atoms with Gasteiger partial charge in [0.1, 0.15) is 6.04 Å². The van der Waals surface area contributed by atoms with Gasteiger partial charge in [-0.2, -0.15) is 0 Å². The molecule has 120 valence electrons. The van der Waals surface area contributed by atoms with Gasteiger partial charge in [0.25, 0.3) is 0 Å². The van der Waals surface area contributed by atoms with Crippen molar-refractivity contribution in [2.75, 3.05) is 0 Å². The number of hydrogen-bond acceptors (Lipinski definition) is 2. The van der Waals surface area contributed by atoms with Crippen molar-refractivity contribution in [2.45, 2.75) is 32.2 Å². The second-order valence-electron chi connectivity index (χ2n) is 5.49. The average Bonchev–Trinajstić information content (AvgIpc) is 2.56. The van der Waals surface area contributed by atoms with E-state index in [9.17, 15) is 14.7 Å². The van der Waals surface area contributed by atoms with Crippen LogP contribution in [0.1, 0.15) is 23.6 Å². The van der Waals surface area contributed by atoms with E-state index in [0.717, 1.165) is 17.5 Å². The van der Waals surface area contributed by atoms with Crippen LogP contribution in [0, 0.1) is 0 Å². The zero-order chi connectivity index (χ0) is 16.7. The van der Waals surface area contributed by atoms with Crippen LogP contribution in [0.3, 0.4) is 0 Å². The molecule has 4 nitrogen and oxygen atoms in total. The minimum absolute atomic E-state index is 0.183. The third-order valence-corrected chi connectivity index (χ3v) is 3.71. The fraction of sp³-hybridized carbons (Fsp3) is 0.263. The molecule has 2 rings (SSSR count). The van der Waals surface area contributed by atoms with E-state index in [1.54, 1.807) is 0 Å². The number of nitrogens with one attached hydrogen (secondary N) is 1. The summed E-state index contributed by atoms with van der Waals surface area (Å²) in [5, 5.41) is 11.9. The van der Waals surface area contributed by atoms with Crippen LogP contribution in [0.4, 0.5) is 0 Å². The number of aryl methyl sites for hydroxylation is 1. The van der Waals surface area contributed by atoms with Crippen molar-refractivity contribution >= 4 is 11.9 Å². The Kier molecular flexibility index (Phi) is 5.92. The molecule has 23 heavy (non-hydrogen) atoms. The molecule has 1 atom stereocenters. The lowest BCUT2D eigenvalue weighted by Crippen LogP contribution is -2.43. The van der Waals surface area contributed by atoms with Gasteiger partial charge in [0.05, 0.1) is 6.42 Å². The zero-order valence-corrected chi connectivity index (χ0v) is 13.2. The van der Waals surface area contributed by atoms with Gasteiger partial charge in [-0.1, -0.05) is 61.5 Å². The van der Waals surface area contributed by atoms with Gasteiger partial charge in [0.15, 0.2) is 0 Å². The summed E-state index contributed by atoms with van der Waals surface area (Å²) in [6.45, 7) is 2.07. The van der Waals surface area contributed by atoms with Gasteiger partial charge in [-0.15, -0.1) is 0 Å². The van der Waals surface area contributed by atoms with Crippen LogP contribution in [-0.4, -0.2) is 23.0 Å². The van der Waals surface area contributed by atoms with Crippen LogP contribution in [0.25, 0.3) is 0 Å². The lowest BCUT2D eigenvalue weighted by molar-refractivity contribution is -0.141. The van der Waals surface area contributed by atoms with Crippen molar-refractivity contribution < 1.29 is 14.7 Å². The quantitative estimate of drug-likeness (QED) is 0.826. The number of hydrogen-bond donors (Lipinski definition) is 2. The number of carbonyl (C=O) groups is 2. The smallest absolute Gasteiger partial charge is 0.326 e. The molecule has 0 aliphatic heterocycles. The van der Waals surface area contributed by atoms with E-state index in [2.05, 4.69) is 12.2 Å². The number of benzene rings is 2. The van der Waals surface area contributed by atoms with Crippen LogP contribution in [-0.2, 0) is 28.9 Å². The molecule has 4 heteroatoms. The summed E-state index contributed by atoms with van der Waals surface area (Å²) in [5.74, 6) is -1.30. The van der Waals surface area contributed by atoms with Crippen LogP contribution >= 0.6 is 0 Å². The molecule has 0 saturated heterocycles.